The van der Waals surface area contributed by atoms with Crippen molar-refractivity contribution < 1.29 is 9.90 Å². The van der Waals surface area contributed by atoms with Crippen LogP contribution in [0.15, 0.2) is 39.7 Å². The molecule has 0 radical (unpaired) electrons. The molecule has 0 atom stereocenters. The minimum Gasteiger partial charge on any atom is -0.476 e. The molecule has 0 fully saturated rings. The molecule has 2 aromatic rings. The van der Waals surface area contributed by atoms with Gasteiger partial charge in [-0.1, -0.05) is 0 Å². The van der Waals surface area contributed by atoms with E-state index in [0.717, 1.165) is 21.3 Å². The van der Waals surface area contributed by atoms with E-state index in [1.807, 2.05) is 0 Å². The molecule has 2 rings (SSSR count). The Morgan fingerprint density at radius 3 is 2.65 bits per heavy atom. The van der Waals surface area contributed by atoms with Gasteiger partial charge in [0.1, 0.15) is 0 Å². The summed E-state index contributed by atoms with van der Waals surface area (Å²) in [5, 5.41) is 12.5. The fourth-order valence-electron chi connectivity index (χ4n) is 1.18. The predicted molar refractivity (Wildman–Crippen MR) is 62.3 cm³/mol. The van der Waals surface area contributed by atoms with Crippen LogP contribution in [0.1, 0.15) is 10.5 Å². The minimum atomic E-state index is -1.20. The van der Waals surface area contributed by atoms with E-state index >= 15 is 0 Å². The summed E-state index contributed by atoms with van der Waals surface area (Å²) in [7, 11) is 0. The second-order valence-electron chi connectivity index (χ2n) is 3.11. The largest absolute Gasteiger partial charge is 0.476 e. The number of aromatic nitrogens is 3. The van der Waals surface area contributed by atoms with Crippen molar-refractivity contribution in [1.82, 2.24) is 14.8 Å². The summed E-state index contributed by atoms with van der Waals surface area (Å²) < 4.78 is 1.69. The van der Waals surface area contributed by atoms with Crippen LogP contribution in [-0.2, 0) is 0 Å². The lowest BCUT2D eigenvalue weighted by Crippen LogP contribution is -2.23. The van der Waals surface area contributed by atoms with Crippen molar-refractivity contribution in [2.45, 2.75) is 0 Å². The number of carboxylic acids is 1. The molecule has 0 aliphatic heterocycles. The lowest BCUT2D eigenvalue weighted by Gasteiger charge is -2.03. The van der Waals surface area contributed by atoms with Gasteiger partial charge in [0.15, 0.2) is 11.5 Å². The molecular formula is C10H6BrN3O3. The van der Waals surface area contributed by atoms with Crippen LogP contribution < -0.4 is 5.56 Å². The Morgan fingerprint density at radius 1 is 1.29 bits per heavy atom. The van der Waals surface area contributed by atoms with E-state index in [0.29, 0.717) is 0 Å². The molecule has 6 nitrogen and oxygen atoms in total. The van der Waals surface area contributed by atoms with Crippen LogP contribution in [0.4, 0.5) is 0 Å². The monoisotopic (exact) mass is 295 g/mol. The molecule has 0 unspecified atom stereocenters. The van der Waals surface area contributed by atoms with Gasteiger partial charge in [-0.15, -0.1) is 0 Å². The molecule has 0 saturated heterocycles. The Labute approximate surface area is 104 Å². The summed E-state index contributed by atoms with van der Waals surface area (Å²) in [6, 6.07) is 5.54. The van der Waals surface area contributed by atoms with Gasteiger partial charge in [0.05, 0.1) is 0 Å². The molecular weight excluding hydrogens is 290 g/mol. The number of rotatable bonds is 2. The number of hydrogen-bond donors (Lipinski definition) is 1. The smallest absolute Gasteiger partial charge is 0.356 e. The average Bonchev–Trinajstić information content (AvgIpc) is 2.31. The minimum absolute atomic E-state index is 0.214. The van der Waals surface area contributed by atoms with Gasteiger partial charge in [-0.3, -0.25) is 4.79 Å². The fourth-order valence-corrected chi connectivity index (χ4v) is 1.42. The summed E-state index contributed by atoms with van der Waals surface area (Å²) in [6.07, 6.45) is 1.50. The maximum absolute atomic E-state index is 11.5. The van der Waals surface area contributed by atoms with Crippen molar-refractivity contribution in [3.05, 3.63) is 51.0 Å². The standard InChI is InChI=1S/C10H6BrN3O3/c11-6-1-3-8(12-5-6)14-9(15)4-2-7(13-14)10(16)17/h1-5H,(H,16,17). The third kappa shape index (κ3) is 2.39. The molecule has 86 valence electrons. The van der Waals surface area contributed by atoms with Crippen LogP contribution in [0, 0.1) is 0 Å². The molecule has 0 spiro atoms. The Kier molecular flexibility index (Phi) is 3.01. The normalized spacial score (nSPS) is 10.2. The Balaban J connectivity index is 2.58. The van der Waals surface area contributed by atoms with Crippen molar-refractivity contribution in [2.75, 3.05) is 0 Å². The molecule has 0 bridgehead atoms. The Morgan fingerprint density at radius 2 is 2.06 bits per heavy atom. The number of hydrogen-bond acceptors (Lipinski definition) is 4. The lowest BCUT2D eigenvalue weighted by molar-refractivity contribution is 0.0688. The highest BCUT2D eigenvalue weighted by Crippen LogP contribution is 2.08. The zero-order valence-corrected chi connectivity index (χ0v) is 9.96. The van der Waals surface area contributed by atoms with Gasteiger partial charge in [-0.2, -0.15) is 9.78 Å². The molecule has 7 heteroatoms. The molecule has 0 aromatic carbocycles. The molecule has 2 aromatic heterocycles. The molecule has 1 N–H and O–H groups in total. The van der Waals surface area contributed by atoms with Crippen LogP contribution in [0.2, 0.25) is 0 Å². The van der Waals surface area contributed by atoms with Gasteiger partial charge in [-0.05, 0) is 34.1 Å². The quantitative estimate of drug-likeness (QED) is 0.896. The SMILES string of the molecule is O=C(O)c1ccc(=O)n(-c2ccc(Br)cn2)n1. The third-order valence-corrected chi connectivity index (χ3v) is 2.42. The van der Waals surface area contributed by atoms with Crippen LogP contribution in [-0.4, -0.2) is 25.8 Å². The number of halogens is 1. The number of carbonyl (C=O) groups is 1. The first kappa shape index (κ1) is 11.5. The van der Waals surface area contributed by atoms with Gasteiger partial charge in [0, 0.05) is 16.7 Å². The average molecular weight is 296 g/mol. The van der Waals surface area contributed by atoms with Crippen molar-refractivity contribution in [3.63, 3.8) is 0 Å². The zero-order chi connectivity index (χ0) is 12.4. The third-order valence-electron chi connectivity index (χ3n) is 1.95. The van der Waals surface area contributed by atoms with Gasteiger partial charge in [0.2, 0.25) is 0 Å². The van der Waals surface area contributed by atoms with Gasteiger partial charge in [-0.25, -0.2) is 9.78 Å². The molecule has 0 aliphatic rings. The number of carboxylic acid groups (broad SMARTS) is 1. The van der Waals surface area contributed by atoms with E-state index in [4.69, 9.17) is 5.11 Å². The number of pyridine rings is 1. The topological polar surface area (TPSA) is 85.1 Å². The van der Waals surface area contributed by atoms with E-state index in [2.05, 4.69) is 26.0 Å². The predicted octanol–water partition coefficient (Wildman–Crippen LogP) is 1.09. The molecule has 0 aliphatic carbocycles. The van der Waals surface area contributed by atoms with E-state index < -0.39 is 11.5 Å². The fraction of sp³-hybridized carbons (Fsp3) is 0. The highest BCUT2D eigenvalue weighted by Gasteiger charge is 2.09. The highest BCUT2D eigenvalue weighted by molar-refractivity contribution is 9.10. The van der Waals surface area contributed by atoms with Crippen LogP contribution >= 0.6 is 15.9 Å². The maximum Gasteiger partial charge on any atom is 0.356 e. The van der Waals surface area contributed by atoms with Crippen molar-refractivity contribution >= 4 is 21.9 Å². The summed E-state index contributed by atoms with van der Waals surface area (Å²) in [5.74, 6) is -0.933. The van der Waals surface area contributed by atoms with Crippen molar-refractivity contribution in [1.29, 1.82) is 0 Å². The zero-order valence-electron chi connectivity index (χ0n) is 8.37. The van der Waals surface area contributed by atoms with Gasteiger partial charge >= 0.3 is 5.97 Å². The summed E-state index contributed by atoms with van der Waals surface area (Å²) >= 11 is 3.21. The first-order chi connectivity index (χ1) is 8.08. The van der Waals surface area contributed by atoms with Crippen molar-refractivity contribution in [3.8, 4) is 5.82 Å². The first-order valence-electron chi connectivity index (χ1n) is 4.53. The summed E-state index contributed by atoms with van der Waals surface area (Å²) in [6.45, 7) is 0. The Bertz CT molecular complexity index is 621. The molecule has 17 heavy (non-hydrogen) atoms. The number of nitrogens with zero attached hydrogens (tertiary/aromatic N) is 3. The number of aromatic carboxylic acids is 1. The van der Waals surface area contributed by atoms with E-state index in [-0.39, 0.29) is 11.5 Å². The van der Waals surface area contributed by atoms with Crippen molar-refractivity contribution in [2.24, 2.45) is 0 Å². The molecule has 2 heterocycles. The van der Waals surface area contributed by atoms with Crippen LogP contribution in [0.5, 0.6) is 0 Å². The summed E-state index contributed by atoms with van der Waals surface area (Å²) in [5.41, 5.74) is -0.654. The highest BCUT2D eigenvalue weighted by atomic mass is 79.9. The summed E-state index contributed by atoms with van der Waals surface area (Å²) in [4.78, 5) is 26.2. The molecule has 0 amide bonds. The Hall–Kier alpha value is -2.02. The second-order valence-corrected chi connectivity index (χ2v) is 4.02. The van der Waals surface area contributed by atoms with E-state index in [1.165, 1.54) is 6.20 Å². The van der Waals surface area contributed by atoms with Crippen LogP contribution in [0.3, 0.4) is 0 Å². The van der Waals surface area contributed by atoms with E-state index in [1.54, 1.807) is 12.1 Å². The second kappa shape index (κ2) is 4.46. The molecule has 0 saturated carbocycles. The lowest BCUT2D eigenvalue weighted by atomic mass is 10.4. The van der Waals surface area contributed by atoms with Gasteiger partial charge in [0.25, 0.3) is 5.56 Å². The maximum atomic E-state index is 11.5. The van der Waals surface area contributed by atoms with Crippen LogP contribution in [0.25, 0.3) is 5.82 Å². The first-order valence-corrected chi connectivity index (χ1v) is 5.33. The van der Waals surface area contributed by atoms with Gasteiger partial charge < -0.3 is 5.11 Å². The van der Waals surface area contributed by atoms with E-state index in [9.17, 15) is 9.59 Å².